The molecule has 156 valence electrons. The van der Waals surface area contributed by atoms with Crippen LogP contribution < -0.4 is 15.2 Å². The first kappa shape index (κ1) is 20.3. The predicted molar refractivity (Wildman–Crippen MR) is 113 cm³/mol. The van der Waals surface area contributed by atoms with Gasteiger partial charge in [-0.2, -0.15) is 5.26 Å². The Bertz CT molecular complexity index is 1240. The number of fused-ring (bicyclic) bond motifs is 1. The molecule has 10 heteroatoms. The van der Waals surface area contributed by atoms with Crippen LogP contribution in [0.2, 0.25) is 5.02 Å². The number of benzene rings is 2. The molecule has 4 rings (SSSR count). The second kappa shape index (κ2) is 8.01. The average molecular weight is 438 g/mol. The van der Waals surface area contributed by atoms with Gasteiger partial charge in [0.05, 0.1) is 39.3 Å². The molecule has 0 bridgehead atoms. The number of nitro benzene ring substituents is 1. The van der Waals surface area contributed by atoms with E-state index < -0.39 is 10.8 Å². The molecule has 9 nitrogen and oxygen atoms in total. The van der Waals surface area contributed by atoms with Crippen molar-refractivity contribution in [1.82, 2.24) is 10.2 Å². The van der Waals surface area contributed by atoms with Crippen molar-refractivity contribution < 1.29 is 14.4 Å². The van der Waals surface area contributed by atoms with Crippen LogP contribution in [0.1, 0.15) is 24.0 Å². The van der Waals surface area contributed by atoms with Crippen LogP contribution in [0.5, 0.6) is 11.6 Å². The molecule has 1 aliphatic heterocycles. The Hall–Kier alpha value is -4.03. The molecule has 1 aliphatic rings. The molecule has 2 heterocycles. The molecule has 31 heavy (non-hydrogen) atoms. The number of aromatic amines is 1. The molecule has 0 radical (unpaired) electrons. The van der Waals surface area contributed by atoms with Crippen molar-refractivity contribution >= 4 is 17.3 Å². The molecule has 0 fully saturated rings. The summed E-state index contributed by atoms with van der Waals surface area (Å²) >= 11 is 6.40. The van der Waals surface area contributed by atoms with Crippen molar-refractivity contribution in [2.75, 3.05) is 6.61 Å². The maximum absolute atomic E-state index is 11.7. The molecule has 3 aromatic rings. The zero-order chi connectivity index (χ0) is 22.1. The molecule has 0 saturated carbocycles. The standard InChI is InChI=1S/C21H16ClN5O4/c1-2-30-12-8-6-11(7-9-12)19-18-16(13(10-23)20(24)31-21(18)26-25-19)17-14(22)4-3-5-15(17)27(28)29/h3-9,16H,2,24H2,1H3,(H,25,26)/t16-/m1/s1. The van der Waals surface area contributed by atoms with E-state index in [0.29, 0.717) is 23.6 Å². The summed E-state index contributed by atoms with van der Waals surface area (Å²) in [5, 5.41) is 28.8. The SMILES string of the molecule is CCOc1ccc(-c2[nH]nc3c2[C@@H](c2c(Cl)cccc2[N+](=O)[O-])C(C#N)=C(N)O3)cc1. The molecule has 0 unspecified atom stereocenters. The summed E-state index contributed by atoms with van der Waals surface area (Å²) < 4.78 is 11.0. The van der Waals surface area contributed by atoms with Gasteiger partial charge in [0, 0.05) is 11.6 Å². The van der Waals surface area contributed by atoms with E-state index in [-0.39, 0.29) is 33.6 Å². The second-order valence-electron chi connectivity index (χ2n) is 6.63. The molecule has 2 aromatic carbocycles. The van der Waals surface area contributed by atoms with Crippen molar-refractivity contribution in [2.24, 2.45) is 5.73 Å². The summed E-state index contributed by atoms with van der Waals surface area (Å²) in [7, 11) is 0. The van der Waals surface area contributed by atoms with Gasteiger partial charge < -0.3 is 15.2 Å². The normalized spacial score (nSPS) is 15.1. The zero-order valence-corrected chi connectivity index (χ0v) is 17.0. The molecular formula is C21H16ClN5O4. The quantitative estimate of drug-likeness (QED) is 0.448. The third kappa shape index (κ3) is 3.43. The number of aromatic nitrogens is 2. The summed E-state index contributed by atoms with van der Waals surface area (Å²) in [6.07, 6.45) is 0. The van der Waals surface area contributed by atoms with Crippen LogP contribution in [0.3, 0.4) is 0 Å². The summed E-state index contributed by atoms with van der Waals surface area (Å²) in [6, 6.07) is 13.6. The fourth-order valence-electron chi connectivity index (χ4n) is 3.61. The van der Waals surface area contributed by atoms with Crippen molar-refractivity contribution in [3.05, 3.63) is 80.2 Å². The lowest BCUT2D eigenvalue weighted by Crippen LogP contribution is -2.21. The topological polar surface area (TPSA) is 140 Å². The Morgan fingerprint density at radius 2 is 2.06 bits per heavy atom. The first-order valence-corrected chi connectivity index (χ1v) is 9.65. The van der Waals surface area contributed by atoms with E-state index in [1.54, 1.807) is 12.1 Å². The fourth-order valence-corrected chi connectivity index (χ4v) is 3.89. The van der Waals surface area contributed by atoms with Crippen molar-refractivity contribution in [1.29, 1.82) is 5.26 Å². The summed E-state index contributed by atoms with van der Waals surface area (Å²) in [5.74, 6) is -0.308. The summed E-state index contributed by atoms with van der Waals surface area (Å²) in [4.78, 5) is 11.2. The number of nitriles is 1. The Morgan fingerprint density at radius 3 is 2.71 bits per heavy atom. The van der Waals surface area contributed by atoms with Crippen LogP contribution in [-0.4, -0.2) is 21.7 Å². The number of halogens is 1. The molecule has 0 aliphatic carbocycles. The van der Waals surface area contributed by atoms with E-state index >= 15 is 0 Å². The molecule has 0 amide bonds. The third-order valence-corrected chi connectivity index (χ3v) is 5.24. The van der Waals surface area contributed by atoms with E-state index in [0.717, 1.165) is 5.56 Å². The number of nitrogens with two attached hydrogens (primary N) is 1. The number of rotatable bonds is 5. The van der Waals surface area contributed by atoms with Crippen LogP contribution in [0.15, 0.2) is 53.9 Å². The number of nitrogens with zero attached hydrogens (tertiary/aromatic N) is 3. The van der Waals surface area contributed by atoms with Gasteiger partial charge in [0.25, 0.3) is 5.69 Å². The lowest BCUT2D eigenvalue weighted by Gasteiger charge is -2.24. The first-order chi connectivity index (χ1) is 15.0. The first-order valence-electron chi connectivity index (χ1n) is 9.28. The van der Waals surface area contributed by atoms with Gasteiger partial charge in [0.2, 0.25) is 11.8 Å². The minimum atomic E-state index is -0.942. The Morgan fingerprint density at radius 1 is 1.32 bits per heavy atom. The number of hydrogen-bond donors (Lipinski definition) is 2. The van der Waals surface area contributed by atoms with E-state index in [1.165, 1.54) is 18.2 Å². The Kier molecular flexibility index (Phi) is 5.23. The van der Waals surface area contributed by atoms with E-state index in [4.69, 9.17) is 26.8 Å². The van der Waals surface area contributed by atoms with E-state index in [2.05, 4.69) is 10.2 Å². The van der Waals surface area contributed by atoms with Gasteiger partial charge >= 0.3 is 0 Å². The van der Waals surface area contributed by atoms with Crippen molar-refractivity contribution in [3.63, 3.8) is 0 Å². The lowest BCUT2D eigenvalue weighted by molar-refractivity contribution is -0.385. The van der Waals surface area contributed by atoms with Crippen LogP contribution in [0, 0.1) is 21.4 Å². The molecule has 1 atom stereocenters. The Labute approximate surface area is 181 Å². The highest BCUT2D eigenvalue weighted by molar-refractivity contribution is 6.31. The van der Waals surface area contributed by atoms with Crippen LogP contribution >= 0.6 is 11.6 Å². The van der Waals surface area contributed by atoms with Gasteiger partial charge in [-0.3, -0.25) is 15.2 Å². The maximum Gasteiger partial charge on any atom is 0.275 e. The minimum Gasteiger partial charge on any atom is -0.494 e. The molecule has 0 saturated heterocycles. The number of nitro groups is 1. The summed E-state index contributed by atoms with van der Waals surface area (Å²) in [5.41, 5.74) is 7.57. The van der Waals surface area contributed by atoms with E-state index in [9.17, 15) is 15.4 Å². The molecule has 0 spiro atoms. The molecule has 1 aromatic heterocycles. The third-order valence-electron chi connectivity index (χ3n) is 4.91. The fraction of sp³-hybridized carbons (Fsp3) is 0.143. The van der Waals surface area contributed by atoms with Gasteiger partial charge in [0.15, 0.2) is 0 Å². The highest BCUT2D eigenvalue weighted by Crippen LogP contribution is 2.49. The average Bonchev–Trinajstić information content (AvgIpc) is 3.17. The van der Waals surface area contributed by atoms with Gasteiger partial charge in [-0.15, -0.1) is 5.10 Å². The van der Waals surface area contributed by atoms with Crippen molar-refractivity contribution in [3.8, 4) is 29.0 Å². The summed E-state index contributed by atoms with van der Waals surface area (Å²) in [6.45, 7) is 2.41. The number of nitrogens with one attached hydrogen (secondary N) is 1. The smallest absolute Gasteiger partial charge is 0.275 e. The number of ether oxygens (including phenoxy) is 2. The van der Waals surface area contributed by atoms with Gasteiger partial charge in [-0.25, -0.2) is 0 Å². The van der Waals surface area contributed by atoms with Crippen LogP contribution in [0.25, 0.3) is 11.3 Å². The molecular weight excluding hydrogens is 422 g/mol. The van der Waals surface area contributed by atoms with Gasteiger partial charge in [0.1, 0.15) is 17.4 Å². The largest absolute Gasteiger partial charge is 0.494 e. The maximum atomic E-state index is 11.7. The lowest BCUT2D eigenvalue weighted by atomic mass is 9.82. The zero-order valence-electron chi connectivity index (χ0n) is 16.3. The van der Waals surface area contributed by atoms with E-state index in [1.807, 2.05) is 25.1 Å². The monoisotopic (exact) mass is 437 g/mol. The second-order valence-corrected chi connectivity index (χ2v) is 7.04. The molecule has 3 N–H and O–H groups in total. The Balaban J connectivity index is 1.96. The van der Waals surface area contributed by atoms with Crippen LogP contribution in [0.4, 0.5) is 5.69 Å². The van der Waals surface area contributed by atoms with Crippen LogP contribution in [-0.2, 0) is 0 Å². The minimum absolute atomic E-state index is 0.0114. The number of allylic oxidation sites excluding steroid dienone is 1. The van der Waals surface area contributed by atoms with Gasteiger partial charge in [-0.1, -0.05) is 17.7 Å². The highest BCUT2D eigenvalue weighted by atomic mass is 35.5. The number of H-pyrrole nitrogens is 1. The predicted octanol–water partition coefficient (Wildman–Crippen LogP) is 4.26. The highest BCUT2D eigenvalue weighted by Gasteiger charge is 2.40. The van der Waals surface area contributed by atoms with Crippen molar-refractivity contribution in [2.45, 2.75) is 12.8 Å². The van der Waals surface area contributed by atoms with Gasteiger partial charge in [-0.05, 0) is 37.3 Å². The number of hydrogen-bond acceptors (Lipinski definition) is 7.